The van der Waals surface area contributed by atoms with Gasteiger partial charge in [-0.05, 0) is 31.4 Å². The van der Waals surface area contributed by atoms with Crippen LogP contribution in [0.2, 0.25) is 0 Å². The molecule has 0 spiro atoms. The van der Waals surface area contributed by atoms with Gasteiger partial charge in [0.05, 0.1) is 0 Å². The van der Waals surface area contributed by atoms with Gasteiger partial charge in [0.25, 0.3) is 0 Å². The third kappa shape index (κ3) is 2.52. The first-order valence-corrected chi connectivity index (χ1v) is 5.49. The Morgan fingerprint density at radius 3 is 2.75 bits per heavy atom. The van der Waals surface area contributed by atoms with Crippen molar-refractivity contribution < 1.29 is 9.90 Å². The average Bonchev–Trinajstić information content (AvgIpc) is 3.04. The predicted octanol–water partition coefficient (Wildman–Crippen LogP) is 0.918. The molecule has 4 N–H and O–H groups in total. The molecule has 4 nitrogen and oxygen atoms in total. The van der Waals surface area contributed by atoms with Gasteiger partial charge in [-0.15, -0.1) is 0 Å². The molecule has 0 radical (unpaired) electrons. The number of para-hydroxylation sites is 1. The number of phenols is 1. The van der Waals surface area contributed by atoms with Crippen LogP contribution in [0.1, 0.15) is 24.4 Å². The third-order valence-electron chi connectivity index (χ3n) is 2.84. The van der Waals surface area contributed by atoms with Crippen LogP contribution in [0.5, 0.6) is 5.75 Å². The SMILES string of the molecule is NC(=O)C(NCC1CC1)c1ccccc1O. The molecule has 1 fully saturated rings. The van der Waals surface area contributed by atoms with Crippen molar-refractivity contribution in [2.75, 3.05) is 6.54 Å². The molecule has 1 aromatic rings. The van der Waals surface area contributed by atoms with E-state index < -0.39 is 11.9 Å². The number of nitrogens with one attached hydrogen (secondary N) is 1. The van der Waals surface area contributed by atoms with Gasteiger partial charge in [0.15, 0.2) is 0 Å². The Balaban J connectivity index is 2.11. The van der Waals surface area contributed by atoms with Crippen LogP contribution >= 0.6 is 0 Å². The smallest absolute Gasteiger partial charge is 0.239 e. The zero-order valence-electron chi connectivity index (χ0n) is 9.02. The standard InChI is InChI=1S/C12H16N2O2/c13-12(16)11(14-7-8-5-6-8)9-3-1-2-4-10(9)15/h1-4,8,11,14-15H,5-7H2,(H2,13,16). The zero-order valence-corrected chi connectivity index (χ0v) is 9.02. The van der Waals surface area contributed by atoms with Crippen LogP contribution in [0.15, 0.2) is 24.3 Å². The molecule has 0 bridgehead atoms. The number of amides is 1. The summed E-state index contributed by atoms with van der Waals surface area (Å²) in [4.78, 5) is 11.3. The highest BCUT2D eigenvalue weighted by Crippen LogP contribution is 2.29. The Bertz CT molecular complexity index is 388. The fourth-order valence-electron chi connectivity index (χ4n) is 1.70. The second-order valence-electron chi connectivity index (χ2n) is 4.25. The number of carbonyl (C=O) groups excluding carboxylic acids is 1. The first kappa shape index (κ1) is 11.0. The van der Waals surface area contributed by atoms with E-state index in [2.05, 4.69) is 5.32 Å². The summed E-state index contributed by atoms with van der Waals surface area (Å²) in [6, 6.07) is 6.18. The molecule has 1 amide bonds. The van der Waals surface area contributed by atoms with E-state index in [0.29, 0.717) is 11.5 Å². The average molecular weight is 220 g/mol. The number of hydrogen-bond donors (Lipinski definition) is 3. The maximum Gasteiger partial charge on any atom is 0.239 e. The van der Waals surface area contributed by atoms with Crippen LogP contribution in [0, 0.1) is 5.92 Å². The van der Waals surface area contributed by atoms with Gasteiger partial charge < -0.3 is 16.2 Å². The highest BCUT2D eigenvalue weighted by molar-refractivity contribution is 5.82. The van der Waals surface area contributed by atoms with E-state index in [-0.39, 0.29) is 5.75 Å². The van der Waals surface area contributed by atoms with Crippen LogP contribution < -0.4 is 11.1 Å². The second kappa shape index (κ2) is 4.53. The minimum atomic E-state index is -0.596. The molecule has 1 aromatic carbocycles. The molecule has 2 rings (SSSR count). The molecule has 0 aromatic heterocycles. The Morgan fingerprint density at radius 2 is 2.19 bits per heavy atom. The summed E-state index contributed by atoms with van der Waals surface area (Å²) in [6.45, 7) is 0.780. The number of benzene rings is 1. The van der Waals surface area contributed by atoms with Crippen LogP contribution in [0.3, 0.4) is 0 Å². The molecule has 86 valence electrons. The van der Waals surface area contributed by atoms with Gasteiger partial charge in [-0.25, -0.2) is 0 Å². The molecule has 1 atom stereocenters. The largest absolute Gasteiger partial charge is 0.508 e. The maximum atomic E-state index is 11.3. The molecule has 1 aliphatic rings. The highest BCUT2D eigenvalue weighted by atomic mass is 16.3. The monoisotopic (exact) mass is 220 g/mol. The van der Waals surface area contributed by atoms with Crippen molar-refractivity contribution in [3.05, 3.63) is 29.8 Å². The predicted molar refractivity (Wildman–Crippen MR) is 60.8 cm³/mol. The number of rotatable bonds is 5. The maximum absolute atomic E-state index is 11.3. The van der Waals surface area contributed by atoms with Gasteiger partial charge in [0.1, 0.15) is 11.8 Å². The van der Waals surface area contributed by atoms with Crippen LogP contribution in [0.4, 0.5) is 0 Å². The van der Waals surface area contributed by atoms with E-state index in [4.69, 9.17) is 5.73 Å². The van der Waals surface area contributed by atoms with Crippen molar-refractivity contribution in [3.63, 3.8) is 0 Å². The number of nitrogens with two attached hydrogens (primary N) is 1. The van der Waals surface area contributed by atoms with E-state index >= 15 is 0 Å². The first-order chi connectivity index (χ1) is 7.68. The molecular formula is C12H16N2O2. The lowest BCUT2D eigenvalue weighted by Crippen LogP contribution is -2.34. The Hall–Kier alpha value is -1.55. The summed E-state index contributed by atoms with van der Waals surface area (Å²) in [5, 5.41) is 12.8. The Morgan fingerprint density at radius 1 is 1.50 bits per heavy atom. The van der Waals surface area contributed by atoms with E-state index in [9.17, 15) is 9.90 Å². The van der Waals surface area contributed by atoms with E-state index in [1.54, 1.807) is 24.3 Å². The molecule has 4 heteroatoms. The summed E-state index contributed by atoms with van der Waals surface area (Å²) in [6.07, 6.45) is 2.42. The van der Waals surface area contributed by atoms with Crippen molar-refractivity contribution in [2.45, 2.75) is 18.9 Å². The molecular weight excluding hydrogens is 204 g/mol. The lowest BCUT2D eigenvalue weighted by atomic mass is 10.1. The van der Waals surface area contributed by atoms with E-state index in [1.807, 2.05) is 0 Å². The lowest BCUT2D eigenvalue weighted by molar-refractivity contribution is -0.120. The van der Waals surface area contributed by atoms with Crippen LogP contribution in [0.25, 0.3) is 0 Å². The Labute approximate surface area is 94.5 Å². The summed E-state index contributed by atoms with van der Waals surface area (Å²) < 4.78 is 0. The molecule has 0 heterocycles. The van der Waals surface area contributed by atoms with Gasteiger partial charge in [-0.2, -0.15) is 0 Å². The molecule has 1 saturated carbocycles. The number of phenolic OH excluding ortho intramolecular Hbond substituents is 1. The first-order valence-electron chi connectivity index (χ1n) is 5.49. The summed E-state index contributed by atoms with van der Waals surface area (Å²) >= 11 is 0. The van der Waals surface area contributed by atoms with E-state index in [0.717, 1.165) is 6.54 Å². The minimum Gasteiger partial charge on any atom is -0.508 e. The van der Waals surface area contributed by atoms with Crippen molar-refractivity contribution in [2.24, 2.45) is 11.7 Å². The molecule has 16 heavy (non-hydrogen) atoms. The van der Waals surface area contributed by atoms with Crippen LogP contribution in [-0.4, -0.2) is 17.6 Å². The van der Waals surface area contributed by atoms with Gasteiger partial charge in [0, 0.05) is 5.56 Å². The number of primary amides is 1. The molecule has 1 unspecified atom stereocenters. The normalized spacial score (nSPS) is 17.0. The summed E-state index contributed by atoms with van der Waals surface area (Å²) in [5.41, 5.74) is 5.88. The molecule has 0 aliphatic heterocycles. The number of hydrogen-bond acceptors (Lipinski definition) is 3. The molecule has 0 saturated heterocycles. The summed E-state index contributed by atoms with van der Waals surface area (Å²) in [7, 11) is 0. The number of aromatic hydroxyl groups is 1. The van der Waals surface area contributed by atoms with Crippen molar-refractivity contribution in [1.29, 1.82) is 0 Å². The van der Waals surface area contributed by atoms with Crippen molar-refractivity contribution in [3.8, 4) is 5.75 Å². The van der Waals surface area contributed by atoms with Gasteiger partial charge >= 0.3 is 0 Å². The van der Waals surface area contributed by atoms with Gasteiger partial charge in [-0.1, -0.05) is 18.2 Å². The van der Waals surface area contributed by atoms with Crippen LogP contribution in [-0.2, 0) is 4.79 Å². The third-order valence-corrected chi connectivity index (χ3v) is 2.84. The highest BCUT2D eigenvalue weighted by Gasteiger charge is 2.25. The topological polar surface area (TPSA) is 75.4 Å². The second-order valence-corrected chi connectivity index (χ2v) is 4.25. The fourth-order valence-corrected chi connectivity index (χ4v) is 1.70. The minimum absolute atomic E-state index is 0.106. The van der Waals surface area contributed by atoms with Gasteiger partial charge in [-0.3, -0.25) is 4.79 Å². The molecule has 1 aliphatic carbocycles. The number of carbonyl (C=O) groups is 1. The van der Waals surface area contributed by atoms with Gasteiger partial charge in [0.2, 0.25) is 5.91 Å². The fraction of sp³-hybridized carbons (Fsp3) is 0.417. The lowest BCUT2D eigenvalue weighted by Gasteiger charge is -2.16. The Kier molecular flexibility index (Phi) is 3.10. The summed E-state index contributed by atoms with van der Waals surface area (Å²) in [5.74, 6) is 0.310. The van der Waals surface area contributed by atoms with E-state index in [1.165, 1.54) is 12.8 Å². The zero-order chi connectivity index (χ0) is 11.5. The van der Waals surface area contributed by atoms with Crippen molar-refractivity contribution >= 4 is 5.91 Å². The van der Waals surface area contributed by atoms with Crippen molar-refractivity contribution in [1.82, 2.24) is 5.32 Å². The quantitative estimate of drug-likeness (QED) is 0.690.